The molecule has 0 heterocycles. The van der Waals surface area contributed by atoms with Crippen molar-refractivity contribution in [1.29, 1.82) is 0 Å². The van der Waals surface area contributed by atoms with E-state index in [1.54, 1.807) is 14.2 Å². The molecule has 0 N–H and O–H groups in total. The van der Waals surface area contributed by atoms with E-state index in [0.29, 0.717) is 44.7 Å². The van der Waals surface area contributed by atoms with E-state index in [4.69, 9.17) is 27.4 Å². The summed E-state index contributed by atoms with van der Waals surface area (Å²) in [6, 6.07) is 11.5. The molecule has 0 aliphatic heterocycles. The first-order valence-electron chi connectivity index (χ1n) is 16.0. The third-order valence-corrected chi connectivity index (χ3v) is 21.8. The van der Waals surface area contributed by atoms with Gasteiger partial charge in [0.05, 0.1) is 14.2 Å². The second-order valence-corrected chi connectivity index (χ2v) is 25.3. The van der Waals surface area contributed by atoms with Crippen molar-refractivity contribution in [3.05, 3.63) is 47.5 Å². The molecule has 7 nitrogen and oxygen atoms in total. The molecule has 2 aromatic carbocycles. The Hall–Kier alpha value is -1.91. The minimum Gasteiger partial charge on any atom is -0.540 e. The van der Waals surface area contributed by atoms with Crippen LogP contribution in [0, 0.1) is 0 Å². The lowest BCUT2D eigenvalue weighted by molar-refractivity contribution is 0.212. The van der Waals surface area contributed by atoms with Gasteiger partial charge in [0.1, 0.15) is 24.7 Å². The zero-order valence-electron chi connectivity index (χ0n) is 29.6. The molecular weight excluding hydrogens is 608 g/mol. The summed E-state index contributed by atoms with van der Waals surface area (Å²) in [6.07, 6.45) is 0. The average molecular weight is 666 g/mol. The topological polar surface area (TPSA) is 72.5 Å². The third kappa shape index (κ3) is 8.66. The Morgan fingerprint density at radius 1 is 0.523 bits per heavy atom. The fourth-order valence-corrected chi connectivity index (χ4v) is 18.2. The maximum absolute atomic E-state index is 12.7. The largest absolute Gasteiger partial charge is 0.698 e. The van der Waals surface area contributed by atoms with Crippen LogP contribution in [-0.4, -0.2) is 30.9 Å². The van der Waals surface area contributed by atoms with Gasteiger partial charge in [-0.3, -0.25) is 0 Å². The molecule has 2 rings (SSSR count). The van der Waals surface area contributed by atoms with Gasteiger partial charge in [0, 0.05) is 4.57 Å². The number of methoxy groups -OCH3 is 2. The standard InChI is InChI=1S/C34H58O7PSi2/c1-23(2)43(24(3)4,25(5)6)40-31-17-15-29(19-33(31)36-13)21-38-42(35)39-22-30-16-18-32(34(20-30)37-14)41-44(26(7)8,27(9)10)28(11)12/h15-20,23-28H,21-22H2,1-14H3/q+1. The van der Waals surface area contributed by atoms with Crippen LogP contribution in [0.5, 0.6) is 23.0 Å². The molecule has 0 radical (unpaired) electrons. The van der Waals surface area contributed by atoms with Gasteiger partial charge in [-0.2, -0.15) is 0 Å². The van der Waals surface area contributed by atoms with Crippen LogP contribution in [0.15, 0.2) is 36.4 Å². The van der Waals surface area contributed by atoms with Gasteiger partial charge in [0.2, 0.25) is 0 Å². The van der Waals surface area contributed by atoms with Crippen LogP contribution in [-0.2, 0) is 26.8 Å². The SMILES string of the molecule is COc1cc(CO[P+](=O)OCc2ccc(O[Si](C(C)C)(C(C)C)C(C)C)c(OC)c2)ccc1O[Si](C(C)C)(C(C)C)C(C)C. The molecule has 0 aliphatic carbocycles. The van der Waals surface area contributed by atoms with Crippen molar-refractivity contribution < 1.29 is 31.9 Å². The first-order chi connectivity index (χ1) is 20.6. The van der Waals surface area contributed by atoms with E-state index in [2.05, 4.69) is 83.1 Å². The predicted octanol–water partition coefficient (Wildman–Crippen LogP) is 11.2. The van der Waals surface area contributed by atoms with E-state index in [9.17, 15) is 4.57 Å². The van der Waals surface area contributed by atoms with Gasteiger partial charge in [-0.05, 0) is 68.6 Å². The third-order valence-electron chi connectivity index (χ3n) is 9.12. The van der Waals surface area contributed by atoms with Crippen LogP contribution in [0.3, 0.4) is 0 Å². The van der Waals surface area contributed by atoms with Crippen molar-refractivity contribution >= 4 is 24.9 Å². The normalized spacial score (nSPS) is 12.6. The van der Waals surface area contributed by atoms with Gasteiger partial charge in [-0.25, -0.2) is 0 Å². The van der Waals surface area contributed by atoms with Crippen LogP contribution in [0.4, 0.5) is 0 Å². The zero-order valence-corrected chi connectivity index (χ0v) is 32.5. The summed E-state index contributed by atoms with van der Waals surface area (Å²) in [5.74, 6) is 2.79. The molecule has 0 aromatic heterocycles. The highest BCUT2D eigenvalue weighted by Gasteiger charge is 2.48. The highest BCUT2D eigenvalue weighted by Crippen LogP contribution is 2.46. The quantitative estimate of drug-likeness (QED) is 0.116. The van der Waals surface area contributed by atoms with Crippen molar-refractivity contribution in [3.63, 3.8) is 0 Å². The lowest BCUT2D eigenvalue weighted by atomic mass is 10.2. The van der Waals surface area contributed by atoms with Crippen LogP contribution >= 0.6 is 8.25 Å². The number of hydrogen-bond acceptors (Lipinski definition) is 7. The number of rotatable bonds is 18. The number of ether oxygens (including phenoxy) is 2. The molecule has 0 bridgehead atoms. The molecule has 0 atom stereocenters. The second-order valence-electron chi connectivity index (χ2n) is 13.6. The monoisotopic (exact) mass is 665 g/mol. The Bertz CT molecular complexity index is 1080. The van der Waals surface area contributed by atoms with Crippen molar-refractivity contribution in [2.45, 2.75) is 130 Å². The van der Waals surface area contributed by atoms with Crippen molar-refractivity contribution in [2.75, 3.05) is 14.2 Å². The van der Waals surface area contributed by atoms with Crippen molar-refractivity contribution in [3.8, 4) is 23.0 Å². The van der Waals surface area contributed by atoms with E-state index in [1.807, 2.05) is 36.4 Å². The maximum Gasteiger partial charge on any atom is 0.698 e. The summed E-state index contributed by atoms with van der Waals surface area (Å²) in [7, 11) is -3.36. The summed E-state index contributed by atoms with van der Waals surface area (Å²) in [5.41, 5.74) is 4.29. The minimum absolute atomic E-state index is 0.120. The van der Waals surface area contributed by atoms with E-state index in [1.165, 1.54) is 0 Å². The van der Waals surface area contributed by atoms with E-state index < -0.39 is 24.9 Å². The lowest BCUT2D eigenvalue weighted by Gasteiger charge is -2.42. The van der Waals surface area contributed by atoms with Crippen LogP contribution in [0.2, 0.25) is 33.2 Å². The lowest BCUT2D eigenvalue weighted by Crippen LogP contribution is -2.50. The second kappa shape index (κ2) is 16.6. The summed E-state index contributed by atoms with van der Waals surface area (Å²) < 4.78 is 48.9. The van der Waals surface area contributed by atoms with Crippen LogP contribution in [0.25, 0.3) is 0 Å². The molecule has 0 spiro atoms. The highest BCUT2D eigenvalue weighted by molar-refractivity contribution is 7.33. The molecule has 248 valence electrons. The van der Waals surface area contributed by atoms with Crippen LogP contribution in [0.1, 0.15) is 94.2 Å². The van der Waals surface area contributed by atoms with E-state index >= 15 is 0 Å². The Kier molecular flexibility index (Phi) is 14.4. The van der Waals surface area contributed by atoms with Gasteiger partial charge in [-0.1, -0.05) is 95.2 Å². The Balaban J connectivity index is 2.09. The molecule has 0 unspecified atom stereocenters. The summed E-state index contributed by atoms with van der Waals surface area (Å²) in [4.78, 5) is 0. The molecule has 2 aromatic rings. The van der Waals surface area contributed by atoms with Gasteiger partial charge in [0.25, 0.3) is 16.6 Å². The smallest absolute Gasteiger partial charge is 0.540 e. The zero-order chi connectivity index (χ0) is 33.4. The predicted molar refractivity (Wildman–Crippen MR) is 187 cm³/mol. The van der Waals surface area contributed by atoms with Crippen molar-refractivity contribution in [2.24, 2.45) is 0 Å². The number of benzene rings is 2. The Labute approximate surface area is 270 Å². The first-order valence-corrected chi connectivity index (χ1v) is 21.4. The Morgan fingerprint density at radius 3 is 1.07 bits per heavy atom. The maximum atomic E-state index is 12.7. The Morgan fingerprint density at radius 2 is 0.818 bits per heavy atom. The molecular formula is C34H58O7PSi2+. The molecule has 0 fully saturated rings. The highest BCUT2D eigenvalue weighted by atomic mass is 31.1. The fourth-order valence-electron chi connectivity index (χ4n) is 7.15. The minimum atomic E-state index is -2.35. The van der Waals surface area contributed by atoms with Crippen molar-refractivity contribution in [1.82, 2.24) is 0 Å². The average Bonchev–Trinajstić information content (AvgIpc) is 2.95. The molecule has 44 heavy (non-hydrogen) atoms. The molecule has 0 amide bonds. The first kappa shape index (κ1) is 38.3. The van der Waals surface area contributed by atoms with Gasteiger partial charge < -0.3 is 18.3 Å². The van der Waals surface area contributed by atoms with Crippen LogP contribution < -0.4 is 18.3 Å². The number of hydrogen-bond donors (Lipinski definition) is 0. The summed E-state index contributed by atoms with van der Waals surface area (Å²) in [6.45, 7) is 27.3. The molecule has 10 heteroatoms. The molecule has 0 aliphatic rings. The van der Waals surface area contributed by atoms with E-state index in [0.717, 1.165) is 22.6 Å². The molecule has 0 saturated carbocycles. The summed E-state index contributed by atoms with van der Waals surface area (Å²) in [5, 5.41) is 0. The fraction of sp³-hybridized carbons (Fsp3) is 0.647. The summed E-state index contributed by atoms with van der Waals surface area (Å²) >= 11 is 0. The molecule has 0 saturated heterocycles. The van der Waals surface area contributed by atoms with Gasteiger partial charge in [-0.15, -0.1) is 9.05 Å². The van der Waals surface area contributed by atoms with Gasteiger partial charge in [0.15, 0.2) is 11.5 Å². The van der Waals surface area contributed by atoms with E-state index in [-0.39, 0.29) is 13.2 Å². The van der Waals surface area contributed by atoms with Gasteiger partial charge >= 0.3 is 8.25 Å².